The van der Waals surface area contributed by atoms with Crippen molar-refractivity contribution >= 4 is 44.2 Å². The van der Waals surface area contributed by atoms with Crippen LogP contribution in [-0.4, -0.2) is 44.3 Å². The van der Waals surface area contributed by atoms with Crippen LogP contribution in [0.2, 0.25) is 5.02 Å². The molecule has 0 saturated carbocycles. The molecular weight excluding hydrogens is 522 g/mol. The first-order valence-electron chi connectivity index (χ1n) is 11.7. The smallest absolute Gasteiger partial charge is 0.289 e. The average Bonchev–Trinajstić information content (AvgIpc) is 2.88. The van der Waals surface area contributed by atoms with E-state index in [0.717, 1.165) is 17.5 Å². The summed E-state index contributed by atoms with van der Waals surface area (Å²) in [5.41, 5.74) is 4.63. The van der Waals surface area contributed by atoms with Crippen molar-refractivity contribution in [3.05, 3.63) is 57.4 Å². The van der Waals surface area contributed by atoms with Gasteiger partial charge in [-0.3, -0.25) is 9.55 Å². The lowest BCUT2D eigenvalue weighted by molar-refractivity contribution is 0.177. The summed E-state index contributed by atoms with van der Waals surface area (Å²) in [5, 5.41) is 3.95. The summed E-state index contributed by atoms with van der Waals surface area (Å²) >= 11 is 6.77. The van der Waals surface area contributed by atoms with E-state index < -0.39 is 16.1 Å². The van der Waals surface area contributed by atoms with E-state index in [2.05, 4.69) is 15.3 Å². The molecule has 2 aromatic rings. The molecule has 2 aromatic carbocycles. The minimum absolute atomic E-state index is 0.0267. The molecule has 2 heterocycles. The second-order valence-corrected chi connectivity index (χ2v) is 10.3. The topological polar surface area (TPSA) is 132 Å². The number of nitrogens with one attached hydrogen (secondary N) is 1. The number of benzene rings is 3. The Balaban J connectivity index is 1.58. The van der Waals surface area contributed by atoms with Gasteiger partial charge in [-0.2, -0.15) is 8.42 Å². The van der Waals surface area contributed by atoms with Gasteiger partial charge in [0.15, 0.2) is 28.8 Å². The number of anilines is 2. The van der Waals surface area contributed by atoms with Gasteiger partial charge in [-0.1, -0.05) is 17.7 Å². The molecule has 10 nitrogen and oxygen atoms in total. The summed E-state index contributed by atoms with van der Waals surface area (Å²) in [6, 6.07) is 7.27. The molecule has 37 heavy (non-hydrogen) atoms. The highest BCUT2D eigenvalue weighted by atomic mass is 35.5. The van der Waals surface area contributed by atoms with Crippen LogP contribution in [0.1, 0.15) is 18.1 Å². The van der Waals surface area contributed by atoms with Crippen LogP contribution in [0.4, 0.5) is 11.4 Å². The predicted octanol–water partition coefficient (Wildman–Crippen LogP) is 4.96. The molecule has 0 bridgehead atoms. The molecule has 5 rings (SSSR count). The highest BCUT2D eigenvalue weighted by Gasteiger charge is 2.26. The molecule has 12 heteroatoms. The third kappa shape index (κ3) is 5.00. The zero-order valence-electron chi connectivity index (χ0n) is 21.2. The first-order valence-corrected chi connectivity index (χ1v) is 13.2. The molecule has 2 aliphatic heterocycles. The van der Waals surface area contributed by atoms with Gasteiger partial charge in [0.2, 0.25) is 0 Å². The van der Waals surface area contributed by atoms with Crippen LogP contribution in [0.25, 0.3) is 22.6 Å². The van der Waals surface area contributed by atoms with Gasteiger partial charge in [-0.25, -0.2) is 4.98 Å². The number of nitrogens with zero attached hydrogens (tertiary/aromatic N) is 2. The van der Waals surface area contributed by atoms with E-state index in [9.17, 15) is 8.42 Å². The van der Waals surface area contributed by atoms with Crippen molar-refractivity contribution in [2.75, 3.05) is 31.7 Å². The van der Waals surface area contributed by atoms with Gasteiger partial charge in [0.25, 0.3) is 10.1 Å². The van der Waals surface area contributed by atoms with Gasteiger partial charge in [0.05, 0.1) is 24.7 Å². The van der Waals surface area contributed by atoms with Crippen LogP contribution in [-0.2, 0) is 26.0 Å². The predicted molar refractivity (Wildman–Crippen MR) is 138 cm³/mol. The fraction of sp³-hybridized carbons (Fsp3) is 0.280. The van der Waals surface area contributed by atoms with Crippen molar-refractivity contribution in [1.82, 2.24) is 4.98 Å². The number of fused-ring (bicyclic) bond motifs is 4. The minimum Gasteiger partial charge on any atom is -0.452 e. The minimum atomic E-state index is -4.26. The third-order valence-corrected chi connectivity index (χ3v) is 6.81. The van der Waals surface area contributed by atoms with Crippen LogP contribution in [0.5, 0.6) is 11.5 Å². The monoisotopic (exact) mass is 546 g/mol. The Morgan fingerprint density at radius 3 is 2.76 bits per heavy atom. The Hall–Kier alpha value is -3.22. The van der Waals surface area contributed by atoms with E-state index in [0.29, 0.717) is 51.9 Å². The molecule has 0 spiro atoms. The second-order valence-electron chi connectivity index (χ2n) is 8.48. The molecule has 0 radical (unpaired) electrons. The van der Waals surface area contributed by atoms with E-state index in [4.69, 9.17) is 36.2 Å². The van der Waals surface area contributed by atoms with Crippen LogP contribution in [0, 0.1) is 13.8 Å². The number of ether oxygens (including phenoxy) is 3. The van der Waals surface area contributed by atoms with Crippen molar-refractivity contribution in [2.24, 2.45) is 4.99 Å². The number of hydrogen-bond acceptors (Lipinski definition) is 9. The van der Waals surface area contributed by atoms with Crippen molar-refractivity contribution < 1.29 is 33.0 Å². The normalized spacial score (nSPS) is 13.8. The SMILES string of the molecule is [2H]c1c2c(c(Cl)c3nc4ccc(=NCOCS(=O)(=O)O)c(C)c-4oc13)Oc1c(ccc(CCOC)c1C)N2. The standard InChI is InChI=1S/C25H24ClN3O7S/c1-13-15(8-9-33-3)4-5-17-23(13)36-25-19(28-17)10-20-22(21(25)26)29-18-7-6-16(14(2)24(18)35-20)27-11-34-12-37(30,31)32/h4-7,10,28H,8-9,11-12H2,1-3H3,(H,30,31,32)/i10D. The van der Waals surface area contributed by atoms with E-state index >= 15 is 0 Å². The Bertz CT molecular complexity index is 1720. The molecule has 0 amide bonds. The summed E-state index contributed by atoms with van der Waals surface area (Å²) in [4.78, 5) is 8.87. The van der Waals surface area contributed by atoms with Crippen molar-refractivity contribution in [3.8, 4) is 23.0 Å². The lowest BCUT2D eigenvalue weighted by Crippen LogP contribution is -2.13. The summed E-state index contributed by atoms with van der Waals surface area (Å²) in [5.74, 6) is 0.444. The van der Waals surface area contributed by atoms with Gasteiger partial charge in [0, 0.05) is 18.7 Å². The molecule has 3 aliphatic rings. The maximum absolute atomic E-state index is 10.8. The number of aromatic nitrogens is 1. The van der Waals surface area contributed by atoms with Crippen LogP contribution >= 0.6 is 11.6 Å². The van der Waals surface area contributed by atoms with Crippen LogP contribution in [0.3, 0.4) is 0 Å². The van der Waals surface area contributed by atoms with Gasteiger partial charge in [-0.05, 0) is 49.6 Å². The van der Waals surface area contributed by atoms with Gasteiger partial charge >= 0.3 is 0 Å². The third-order valence-electron chi connectivity index (χ3n) is 6.00. The average molecular weight is 547 g/mol. The Labute approximate surface area is 219 Å². The first kappa shape index (κ1) is 24.1. The molecule has 0 atom stereocenters. The van der Waals surface area contributed by atoms with Crippen LogP contribution in [0.15, 0.2) is 39.7 Å². The van der Waals surface area contributed by atoms with E-state index in [1.54, 1.807) is 26.2 Å². The van der Waals surface area contributed by atoms with E-state index in [-0.39, 0.29) is 28.9 Å². The zero-order valence-corrected chi connectivity index (χ0v) is 21.8. The molecule has 0 fully saturated rings. The van der Waals surface area contributed by atoms with Gasteiger partial charge < -0.3 is 23.9 Å². The molecule has 0 saturated heterocycles. The zero-order chi connectivity index (χ0) is 27.2. The number of hydrogen-bond donors (Lipinski definition) is 2. The molecule has 2 N–H and O–H groups in total. The Kier molecular flexibility index (Phi) is 6.47. The van der Waals surface area contributed by atoms with Crippen molar-refractivity contribution in [3.63, 3.8) is 0 Å². The van der Waals surface area contributed by atoms with Crippen molar-refractivity contribution in [1.29, 1.82) is 0 Å². The summed E-state index contributed by atoms with van der Waals surface area (Å²) < 4.78 is 61.8. The number of methoxy groups -OCH3 is 1. The lowest BCUT2D eigenvalue weighted by Gasteiger charge is -2.26. The number of halogens is 1. The number of rotatable bonds is 7. The summed E-state index contributed by atoms with van der Waals surface area (Å²) in [6.45, 7) is 4.01. The first-order chi connectivity index (χ1) is 18.1. The molecular formula is C25H24ClN3O7S. The van der Waals surface area contributed by atoms with Gasteiger partial charge in [-0.15, -0.1) is 0 Å². The van der Waals surface area contributed by atoms with Crippen LogP contribution < -0.4 is 15.4 Å². The van der Waals surface area contributed by atoms with Crippen molar-refractivity contribution in [2.45, 2.75) is 20.3 Å². The fourth-order valence-corrected chi connectivity index (χ4v) is 4.67. The molecule has 0 aromatic heterocycles. The summed E-state index contributed by atoms with van der Waals surface area (Å²) in [6.07, 6.45) is 0.730. The Morgan fingerprint density at radius 2 is 2.00 bits per heavy atom. The van der Waals surface area contributed by atoms with E-state index in [1.165, 1.54) is 0 Å². The highest BCUT2D eigenvalue weighted by Crippen LogP contribution is 2.50. The largest absolute Gasteiger partial charge is 0.452 e. The maximum atomic E-state index is 10.8. The highest BCUT2D eigenvalue weighted by molar-refractivity contribution is 7.85. The molecule has 0 unspecified atom stereocenters. The maximum Gasteiger partial charge on any atom is 0.289 e. The fourth-order valence-electron chi connectivity index (χ4n) is 4.12. The molecule has 194 valence electrons. The van der Waals surface area contributed by atoms with E-state index in [1.807, 2.05) is 19.1 Å². The summed E-state index contributed by atoms with van der Waals surface area (Å²) in [7, 11) is -2.60. The quantitative estimate of drug-likeness (QED) is 0.165. The second kappa shape index (κ2) is 9.92. The van der Waals surface area contributed by atoms with Gasteiger partial charge in [0.1, 0.15) is 23.0 Å². The Morgan fingerprint density at radius 1 is 1.19 bits per heavy atom. The molecule has 1 aliphatic carbocycles. The lowest BCUT2D eigenvalue weighted by atomic mass is 10.0.